The number of carboxylic acid groups (broad SMARTS) is 1. The van der Waals surface area contributed by atoms with Gasteiger partial charge in [0, 0.05) is 6.54 Å². The number of aromatic carboxylic acids is 1. The summed E-state index contributed by atoms with van der Waals surface area (Å²) < 4.78 is 1.41. The fourth-order valence-electron chi connectivity index (χ4n) is 0.995. The van der Waals surface area contributed by atoms with Crippen molar-refractivity contribution < 1.29 is 9.90 Å². The third kappa shape index (κ3) is 2.54. The zero-order valence-electron chi connectivity index (χ0n) is 7.98. The highest BCUT2D eigenvalue weighted by Gasteiger charge is 2.18. The molecular formula is C8H13N3O2. The first-order valence-corrected chi connectivity index (χ1v) is 4.01. The van der Waals surface area contributed by atoms with Crippen molar-refractivity contribution in [2.75, 3.05) is 0 Å². The van der Waals surface area contributed by atoms with E-state index in [1.165, 1.54) is 11.0 Å². The van der Waals surface area contributed by atoms with Crippen LogP contribution in [0.25, 0.3) is 0 Å². The largest absolute Gasteiger partial charge is 0.475 e. The van der Waals surface area contributed by atoms with Crippen LogP contribution in [0.3, 0.4) is 0 Å². The van der Waals surface area contributed by atoms with E-state index in [-0.39, 0.29) is 11.2 Å². The molecule has 0 aromatic carbocycles. The molecule has 0 fully saturated rings. The maximum absolute atomic E-state index is 10.6. The minimum atomic E-state index is -1.04. The molecule has 1 aromatic heterocycles. The SMILES string of the molecule is CC(C)(C)Cn1ncnc1C(=O)O. The molecule has 0 aliphatic heterocycles. The van der Waals surface area contributed by atoms with Crippen LogP contribution in [0.5, 0.6) is 0 Å². The fraction of sp³-hybridized carbons (Fsp3) is 0.625. The third-order valence-corrected chi connectivity index (χ3v) is 1.43. The summed E-state index contributed by atoms with van der Waals surface area (Å²) in [4.78, 5) is 14.3. The number of hydrogen-bond acceptors (Lipinski definition) is 3. The van der Waals surface area contributed by atoms with Gasteiger partial charge >= 0.3 is 5.97 Å². The summed E-state index contributed by atoms with van der Waals surface area (Å²) in [5.41, 5.74) is -0.00208. The molecule has 0 radical (unpaired) electrons. The average molecular weight is 183 g/mol. The van der Waals surface area contributed by atoms with Crippen molar-refractivity contribution in [3.8, 4) is 0 Å². The monoisotopic (exact) mass is 183 g/mol. The average Bonchev–Trinajstić information content (AvgIpc) is 2.31. The first-order chi connectivity index (χ1) is 5.90. The van der Waals surface area contributed by atoms with E-state index in [1.807, 2.05) is 20.8 Å². The van der Waals surface area contributed by atoms with Crippen LogP contribution >= 0.6 is 0 Å². The highest BCUT2D eigenvalue weighted by molar-refractivity contribution is 5.83. The van der Waals surface area contributed by atoms with Crippen molar-refractivity contribution >= 4 is 5.97 Å². The highest BCUT2D eigenvalue weighted by atomic mass is 16.4. The van der Waals surface area contributed by atoms with Gasteiger partial charge in [0.1, 0.15) is 6.33 Å². The van der Waals surface area contributed by atoms with Crippen molar-refractivity contribution in [2.45, 2.75) is 27.3 Å². The molecule has 5 heteroatoms. The second-order valence-corrected chi connectivity index (χ2v) is 4.11. The van der Waals surface area contributed by atoms with Crippen molar-refractivity contribution in [2.24, 2.45) is 5.41 Å². The number of nitrogens with zero attached hydrogens (tertiary/aromatic N) is 3. The predicted octanol–water partition coefficient (Wildman–Crippen LogP) is 1.02. The second-order valence-electron chi connectivity index (χ2n) is 4.11. The zero-order valence-corrected chi connectivity index (χ0v) is 7.98. The van der Waals surface area contributed by atoms with Crippen LogP contribution in [-0.2, 0) is 6.54 Å². The van der Waals surface area contributed by atoms with E-state index in [4.69, 9.17) is 5.11 Å². The Morgan fingerprint density at radius 1 is 1.62 bits per heavy atom. The lowest BCUT2D eigenvalue weighted by Crippen LogP contribution is -2.20. The Bertz CT molecular complexity index is 311. The Kier molecular flexibility index (Phi) is 2.36. The number of aromatic nitrogens is 3. The number of hydrogen-bond donors (Lipinski definition) is 1. The lowest BCUT2D eigenvalue weighted by Gasteiger charge is -2.17. The molecule has 0 amide bonds. The minimum absolute atomic E-state index is 0.00208. The van der Waals surface area contributed by atoms with E-state index < -0.39 is 5.97 Å². The van der Waals surface area contributed by atoms with E-state index in [1.54, 1.807) is 0 Å². The Morgan fingerprint density at radius 2 is 2.23 bits per heavy atom. The van der Waals surface area contributed by atoms with Gasteiger partial charge in [0.25, 0.3) is 0 Å². The number of rotatable bonds is 2. The molecule has 5 nitrogen and oxygen atoms in total. The van der Waals surface area contributed by atoms with Crippen molar-refractivity contribution in [1.29, 1.82) is 0 Å². The van der Waals surface area contributed by atoms with Crippen LogP contribution in [0.4, 0.5) is 0 Å². The first kappa shape index (κ1) is 9.70. The molecule has 0 aliphatic carbocycles. The summed E-state index contributed by atoms with van der Waals surface area (Å²) >= 11 is 0. The highest BCUT2D eigenvalue weighted by Crippen LogP contribution is 2.16. The molecule has 1 rings (SSSR count). The van der Waals surface area contributed by atoms with Crippen LogP contribution < -0.4 is 0 Å². The quantitative estimate of drug-likeness (QED) is 0.743. The fourth-order valence-corrected chi connectivity index (χ4v) is 0.995. The minimum Gasteiger partial charge on any atom is -0.475 e. The topological polar surface area (TPSA) is 68.0 Å². The van der Waals surface area contributed by atoms with Gasteiger partial charge < -0.3 is 5.11 Å². The Balaban J connectivity index is 2.89. The molecule has 0 aliphatic rings. The third-order valence-electron chi connectivity index (χ3n) is 1.43. The Morgan fingerprint density at radius 3 is 2.69 bits per heavy atom. The van der Waals surface area contributed by atoms with Gasteiger partial charge in [0.05, 0.1) is 0 Å². The lowest BCUT2D eigenvalue weighted by atomic mass is 9.97. The molecule has 0 bridgehead atoms. The molecule has 72 valence electrons. The van der Waals surface area contributed by atoms with Crippen LogP contribution in [0.1, 0.15) is 31.4 Å². The summed E-state index contributed by atoms with van der Waals surface area (Å²) in [7, 11) is 0. The van der Waals surface area contributed by atoms with Gasteiger partial charge in [-0.3, -0.25) is 0 Å². The standard InChI is InChI=1S/C8H13N3O2/c1-8(2,3)4-11-6(7(12)13)9-5-10-11/h5H,4H2,1-3H3,(H,12,13). The molecule has 0 spiro atoms. The number of carbonyl (C=O) groups is 1. The molecular weight excluding hydrogens is 170 g/mol. The summed E-state index contributed by atoms with van der Waals surface area (Å²) in [6.07, 6.45) is 1.26. The van der Waals surface area contributed by atoms with Crippen LogP contribution in [0.2, 0.25) is 0 Å². The van der Waals surface area contributed by atoms with Crippen LogP contribution in [0.15, 0.2) is 6.33 Å². The summed E-state index contributed by atoms with van der Waals surface area (Å²) in [5.74, 6) is -1.04. The van der Waals surface area contributed by atoms with Gasteiger partial charge in [-0.15, -0.1) is 0 Å². The molecule has 0 saturated carbocycles. The first-order valence-electron chi connectivity index (χ1n) is 4.01. The van der Waals surface area contributed by atoms with Gasteiger partial charge in [-0.05, 0) is 5.41 Å². The molecule has 0 saturated heterocycles. The van der Waals surface area contributed by atoms with Crippen LogP contribution in [0, 0.1) is 5.41 Å². The summed E-state index contributed by atoms with van der Waals surface area (Å²) in [5, 5.41) is 12.6. The second kappa shape index (κ2) is 3.16. The molecule has 1 N–H and O–H groups in total. The van der Waals surface area contributed by atoms with Crippen molar-refractivity contribution in [1.82, 2.24) is 14.8 Å². The summed E-state index contributed by atoms with van der Waals surface area (Å²) in [6.45, 7) is 6.59. The molecule has 1 aromatic rings. The molecule has 0 atom stereocenters. The lowest BCUT2D eigenvalue weighted by molar-refractivity contribution is 0.0673. The maximum atomic E-state index is 10.6. The Hall–Kier alpha value is -1.39. The molecule has 1 heterocycles. The van der Waals surface area contributed by atoms with E-state index in [0.29, 0.717) is 6.54 Å². The van der Waals surface area contributed by atoms with E-state index >= 15 is 0 Å². The smallest absolute Gasteiger partial charge is 0.373 e. The normalized spacial score (nSPS) is 11.6. The van der Waals surface area contributed by atoms with E-state index in [2.05, 4.69) is 10.1 Å². The molecule has 0 unspecified atom stereocenters. The van der Waals surface area contributed by atoms with Gasteiger partial charge in [0.15, 0.2) is 0 Å². The van der Waals surface area contributed by atoms with E-state index in [0.717, 1.165) is 0 Å². The molecule has 13 heavy (non-hydrogen) atoms. The van der Waals surface area contributed by atoms with Gasteiger partial charge in [-0.2, -0.15) is 5.10 Å². The Labute approximate surface area is 76.4 Å². The van der Waals surface area contributed by atoms with Gasteiger partial charge in [-0.1, -0.05) is 20.8 Å². The van der Waals surface area contributed by atoms with Gasteiger partial charge in [-0.25, -0.2) is 14.5 Å². The predicted molar refractivity (Wildman–Crippen MR) is 46.4 cm³/mol. The van der Waals surface area contributed by atoms with Crippen molar-refractivity contribution in [3.05, 3.63) is 12.2 Å². The maximum Gasteiger partial charge on any atom is 0.373 e. The zero-order chi connectivity index (χ0) is 10.1. The summed E-state index contributed by atoms with van der Waals surface area (Å²) in [6, 6.07) is 0. The van der Waals surface area contributed by atoms with Gasteiger partial charge in [0.2, 0.25) is 5.82 Å². The van der Waals surface area contributed by atoms with Crippen LogP contribution in [-0.4, -0.2) is 25.8 Å². The van der Waals surface area contributed by atoms with E-state index in [9.17, 15) is 4.79 Å². The van der Waals surface area contributed by atoms with Crippen molar-refractivity contribution in [3.63, 3.8) is 0 Å². The number of carboxylic acids is 1.